The number of amides is 1. The third-order valence-corrected chi connectivity index (χ3v) is 5.23. The average molecular weight is 332 g/mol. The first-order valence-corrected chi connectivity index (χ1v) is 8.96. The van der Waals surface area contributed by atoms with E-state index in [-0.39, 0.29) is 11.9 Å². The van der Waals surface area contributed by atoms with E-state index in [0.29, 0.717) is 12.6 Å². The van der Waals surface area contributed by atoms with Crippen LogP contribution >= 0.6 is 0 Å². The first-order valence-electron chi connectivity index (χ1n) is 8.96. The molecule has 1 aliphatic carbocycles. The van der Waals surface area contributed by atoms with Gasteiger partial charge in [0.1, 0.15) is 11.5 Å². The molecule has 1 aromatic rings. The van der Waals surface area contributed by atoms with E-state index in [4.69, 9.17) is 9.47 Å². The molecule has 1 heterocycles. The Kier molecular flexibility index (Phi) is 5.61. The molecule has 1 unspecified atom stereocenters. The van der Waals surface area contributed by atoms with Gasteiger partial charge in [0.15, 0.2) is 0 Å². The van der Waals surface area contributed by atoms with Crippen molar-refractivity contribution in [1.82, 2.24) is 10.2 Å². The van der Waals surface area contributed by atoms with Gasteiger partial charge >= 0.3 is 0 Å². The van der Waals surface area contributed by atoms with Crippen LogP contribution in [0.4, 0.5) is 0 Å². The van der Waals surface area contributed by atoms with Crippen molar-refractivity contribution in [2.24, 2.45) is 0 Å². The van der Waals surface area contributed by atoms with E-state index in [1.54, 1.807) is 14.2 Å². The molecule has 1 atom stereocenters. The number of rotatable bonds is 6. The van der Waals surface area contributed by atoms with Gasteiger partial charge in [0.2, 0.25) is 5.91 Å². The second kappa shape index (κ2) is 7.88. The molecule has 3 rings (SSSR count). The molecule has 0 radical (unpaired) electrons. The first-order chi connectivity index (χ1) is 11.7. The zero-order valence-electron chi connectivity index (χ0n) is 14.7. The zero-order chi connectivity index (χ0) is 16.9. The summed E-state index contributed by atoms with van der Waals surface area (Å²) in [6, 6.07) is 6.57. The monoisotopic (exact) mass is 332 g/mol. The summed E-state index contributed by atoms with van der Waals surface area (Å²) < 4.78 is 10.8. The van der Waals surface area contributed by atoms with Crippen molar-refractivity contribution in [3.63, 3.8) is 0 Å². The Morgan fingerprint density at radius 1 is 1.17 bits per heavy atom. The minimum atomic E-state index is 0.154. The zero-order valence-corrected chi connectivity index (χ0v) is 14.7. The number of carbonyl (C=O) groups excluding carboxylic acids is 1. The lowest BCUT2D eigenvalue weighted by atomic mass is 10.0. The number of hydrogen-bond donors (Lipinski definition) is 1. The van der Waals surface area contributed by atoms with Crippen molar-refractivity contribution in [2.45, 2.75) is 50.6 Å². The SMILES string of the molecule is COc1ccc(C2CCCN2CC(=O)NC2CCCC2)c(OC)c1. The molecule has 1 aliphatic heterocycles. The largest absolute Gasteiger partial charge is 0.497 e. The molecular formula is C19H28N2O3. The van der Waals surface area contributed by atoms with Crippen LogP contribution in [0, 0.1) is 0 Å². The molecule has 1 N–H and O–H groups in total. The van der Waals surface area contributed by atoms with Gasteiger partial charge in [0, 0.05) is 23.7 Å². The summed E-state index contributed by atoms with van der Waals surface area (Å²) in [6.07, 6.45) is 6.89. The lowest BCUT2D eigenvalue weighted by molar-refractivity contribution is -0.123. The van der Waals surface area contributed by atoms with Crippen LogP contribution in [0.3, 0.4) is 0 Å². The molecule has 0 aromatic heterocycles. The van der Waals surface area contributed by atoms with Crippen molar-refractivity contribution in [2.75, 3.05) is 27.3 Å². The smallest absolute Gasteiger partial charge is 0.234 e. The summed E-state index contributed by atoms with van der Waals surface area (Å²) in [5.74, 6) is 1.78. The number of likely N-dealkylation sites (tertiary alicyclic amines) is 1. The van der Waals surface area contributed by atoms with E-state index < -0.39 is 0 Å². The summed E-state index contributed by atoms with van der Waals surface area (Å²) in [5, 5.41) is 3.19. The Morgan fingerprint density at radius 3 is 2.67 bits per heavy atom. The Bertz CT molecular complexity index is 570. The van der Waals surface area contributed by atoms with Crippen LogP contribution in [0.25, 0.3) is 0 Å². The molecule has 2 aliphatic rings. The second-order valence-corrected chi connectivity index (χ2v) is 6.79. The summed E-state index contributed by atoms with van der Waals surface area (Å²) in [5.41, 5.74) is 1.14. The Hall–Kier alpha value is -1.75. The van der Waals surface area contributed by atoms with Gasteiger partial charge in [-0.25, -0.2) is 0 Å². The van der Waals surface area contributed by atoms with Gasteiger partial charge < -0.3 is 14.8 Å². The molecular weight excluding hydrogens is 304 g/mol. The van der Waals surface area contributed by atoms with Crippen LogP contribution in [0.2, 0.25) is 0 Å². The van der Waals surface area contributed by atoms with Crippen LogP contribution < -0.4 is 14.8 Å². The van der Waals surface area contributed by atoms with Crippen molar-refractivity contribution in [3.8, 4) is 11.5 Å². The predicted molar refractivity (Wildman–Crippen MR) is 93.5 cm³/mol. The van der Waals surface area contributed by atoms with Crippen molar-refractivity contribution in [1.29, 1.82) is 0 Å². The van der Waals surface area contributed by atoms with Gasteiger partial charge in [0.25, 0.3) is 0 Å². The number of nitrogens with one attached hydrogen (secondary N) is 1. The standard InChI is InChI=1S/C19H28N2O3/c1-23-15-9-10-16(18(12-15)24-2)17-8-5-11-21(17)13-19(22)20-14-6-3-4-7-14/h9-10,12,14,17H,3-8,11,13H2,1-2H3,(H,20,22). The third-order valence-electron chi connectivity index (χ3n) is 5.23. The Labute approximate surface area is 144 Å². The maximum Gasteiger partial charge on any atom is 0.234 e. The van der Waals surface area contributed by atoms with Crippen molar-refractivity contribution in [3.05, 3.63) is 23.8 Å². The van der Waals surface area contributed by atoms with Crippen molar-refractivity contribution >= 4 is 5.91 Å². The molecule has 24 heavy (non-hydrogen) atoms. The van der Waals surface area contributed by atoms with Crippen LogP contribution in [-0.2, 0) is 4.79 Å². The first kappa shape index (κ1) is 17.1. The number of carbonyl (C=O) groups is 1. The second-order valence-electron chi connectivity index (χ2n) is 6.79. The Morgan fingerprint density at radius 2 is 1.96 bits per heavy atom. The van der Waals surface area contributed by atoms with E-state index in [0.717, 1.165) is 49.3 Å². The van der Waals surface area contributed by atoms with Gasteiger partial charge in [-0.2, -0.15) is 0 Å². The minimum Gasteiger partial charge on any atom is -0.497 e. The molecule has 2 fully saturated rings. The summed E-state index contributed by atoms with van der Waals surface area (Å²) in [6.45, 7) is 1.42. The van der Waals surface area contributed by atoms with Gasteiger partial charge in [-0.3, -0.25) is 9.69 Å². The quantitative estimate of drug-likeness (QED) is 0.870. The highest BCUT2D eigenvalue weighted by atomic mass is 16.5. The maximum absolute atomic E-state index is 12.4. The van der Waals surface area contributed by atoms with Crippen LogP contribution in [0.5, 0.6) is 11.5 Å². The summed E-state index contributed by atoms with van der Waals surface area (Å²) in [4.78, 5) is 14.7. The lowest BCUT2D eigenvalue weighted by Gasteiger charge is -2.26. The molecule has 132 valence electrons. The number of hydrogen-bond acceptors (Lipinski definition) is 4. The van der Waals surface area contributed by atoms with Crippen molar-refractivity contribution < 1.29 is 14.3 Å². The molecule has 1 aromatic carbocycles. The molecule has 0 bridgehead atoms. The summed E-state index contributed by atoms with van der Waals surface area (Å²) >= 11 is 0. The number of benzene rings is 1. The highest BCUT2D eigenvalue weighted by Gasteiger charge is 2.30. The highest BCUT2D eigenvalue weighted by Crippen LogP contribution is 2.38. The van der Waals surface area contributed by atoms with E-state index in [9.17, 15) is 4.79 Å². The molecule has 5 heteroatoms. The molecule has 1 saturated heterocycles. The molecule has 1 saturated carbocycles. The number of methoxy groups -OCH3 is 2. The number of ether oxygens (including phenoxy) is 2. The third kappa shape index (κ3) is 3.83. The fourth-order valence-corrected chi connectivity index (χ4v) is 3.99. The van der Waals surface area contributed by atoms with E-state index in [1.165, 1.54) is 12.8 Å². The Balaban J connectivity index is 1.67. The average Bonchev–Trinajstić information content (AvgIpc) is 3.26. The molecule has 1 amide bonds. The topological polar surface area (TPSA) is 50.8 Å². The normalized spacial score (nSPS) is 21.8. The predicted octanol–water partition coefficient (Wildman–Crippen LogP) is 2.90. The van der Waals surface area contributed by atoms with Gasteiger partial charge in [-0.15, -0.1) is 0 Å². The van der Waals surface area contributed by atoms with Gasteiger partial charge in [0.05, 0.1) is 20.8 Å². The number of nitrogens with zero attached hydrogens (tertiary/aromatic N) is 1. The van der Waals surface area contributed by atoms with Gasteiger partial charge in [-0.05, 0) is 38.3 Å². The van der Waals surface area contributed by atoms with Gasteiger partial charge in [-0.1, -0.05) is 18.9 Å². The highest BCUT2D eigenvalue weighted by molar-refractivity contribution is 5.78. The maximum atomic E-state index is 12.4. The lowest BCUT2D eigenvalue weighted by Crippen LogP contribution is -2.41. The van der Waals surface area contributed by atoms with E-state index in [2.05, 4.69) is 16.3 Å². The fraction of sp³-hybridized carbons (Fsp3) is 0.632. The minimum absolute atomic E-state index is 0.154. The van der Waals surface area contributed by atoms with Crippen LogP contribution in [0.15, 0.2) is 18.2 Å². The van der Waals surface area contributed by atoms with Crippen LogP contribution in [-0.4, -0.2) is 44.2 Å². The molecule has 0 spiro atoms. The van der Waals surface area contributed by atoms with Crippen LogP contribution in [0.1, 0.15) is 50.1 Å². The summed E-state index contributed by atoms with van der Waals surface area (Å²) in [7, 11) is 3.34. The van der Waals surface area contributed by atoms with E-state index in [1.807, 2.05) is 12.1 Å². The van der Waals surface area contributed by atoms with E-state index >= 15 is 0 Å². The molecule has 5 nitrogen and oxygen atoms in total. The fourth-order valence-electron chi connectivity index (χ4n) is 3.99.